The Morgan fingerprint density at radius 2 is 2.15 bits per heavy atom. The first-order chi connectivity index (χ1) is 12.9. The monoisotopic (exact) mass is 367 g/mol. The maximum absolute atomic E-state index is 11.6. The molecule has 1 heterocycles. The van der Waals surface area contributed by atoms with E-state index in [9.17, 15) is 14.9 Å². The maximum Gasteiger partial charge on any atom is 0.409 e. The number of carboxylic acid groups (broad SMARTS) is 1. The van der Waals surface area contributed by atoms with Crippen molar-refractivity contribution in [2.24, 2.45) is 5.73 Å². The van der Waals surface area contributed by atoms with E-state index in [0.29, 0.717) is 17.6 Å². The van der Waals surface area contributed by atoms with Crippen LogP contribution in [0.25, 0.3) is 16.6 Å². The highest BCUT2D eigenvalue weighted by atomic mass is 16.6. The lowest BCUT2D eigenvalue weighted by molar-refractivity contribution is -0.384. The molecular weight excluding hydrogens is 350 g/mol. The summed E-state index contributed by atoms with van der Waals surface area (Å²) >= 11 is 0. The third-order valence-corrected chi connectivity index (χ3v) is 4.04. The predicted molar refractivity (Wildman–Crippen MR) is 101 cm³/mol. The largest absolute Gasteiger partial charge is 0.465 e. The molecule has 0 aliphatic heterocycles. The summed E-state index contributed by atoms with van der Waals surface area (Å²) < 4.78 is 1.45. The summed E-state index contributed by atoms with van der Waals surface area (Å²) in [6.45, 7) is 3.68. The number of rotatable bonds is 6. The summed E-state index contributed by atoms with van der Waals surface area (Å²) in [5, 5.41) is 27.8. The number of nitro benzene ring substituents is 1. The molecule has 9 heteroatoms. The van der Waals surface area contributed by atoms with Crippen LogP contribution in [-0.2, 0) is 0 Å². The number of nitrogens with zero attached hydrogens (tertiary/aromatic N) is 3. The van der Waals surface area contributed by atoms with E-state index < -0.39 is 17.1 Å². The van der Waals surface area contributed by atoms with E-state index in [4.69, 9.17) is 10.8 Å². The zero-order valence-corrected chi connectivity index (χ0v) is 14.2. The molecule has 1 amide bonds. The van der Waals surface area contributed by atoms with Crippen molar-refractivity contribution in [1.82, 2.24) is 9.78 Å². The van der Waals surface area contributed by atoms with Gasteiger partial charge in [-0.15, -0.1) is 6.58 Å². The summed E-state index contributed by atoms with van der Waals surface area (Å²) in [6.07, 6.45) is 0.886. The zero-order valence-electron chi connectivity index (χ0n) is 14.2. The van der Waals surface area contributed by atoms with Gasteiger partial charge in [0.25, 0.3) is 5.69 Å². The average molecular weight is 367 g/mol. The quantitative estimate of drug-likeness (QED) is 0.346. The molecule has 0 saturated heterocycles. The number of para-hydroxylation sites is 1. The Labute approximate surface area is 153 Å². The third-order valence-electron chi connectivity index (χ3n) is 4.04. The van der Waals surface area contributed by atoms with Gasteiger partial charge >= 0.3 is 6.09 Å². The number of fused-ring (bicyclic) bond motifs is 1. The van der Waals surface area contributed by atoms with E-state index in [0.717, 1.165) is 11.5 Å². The lowest BCUT2D eigenvalue weighted by Gasteiger charge is -2.08. The van der Waals surface area contributed by atoms with Crippen molar-refractivity contribution in [3.8, 4) is 5.69 Å². The van der Waals surface area contributed by atoms with Crippen LogP contribution in [0.5, 0.6) is 0 Å². The first kappa shape index (κ1) is 18.1. The summed E-state index contributed by atoms with van der Waals surface area (Å²) in [5.41, 5.74) is 7.48. The molecule has 2 aromatic carbocycles. The molecule has 138 valence electrons. The van der Waals surface area contributed by atoms with Crippen molar-refractivity contribution in [3.63, 3.8) is 0 Å². The first-order valence-corrected chi connectivity index (χ1v) is 8.05. The highest BCUT2D eigenvalue weighted by molar-refractivity contribution is 5.86. The lowest BCUT2D eigenvalue weighted by Crippen LogP contribution is -2.11. The Balaban J connectivity index is 2.21. The average Bonchev–Trinajstić information content (AvgIpc) is 3.01. The zero-order chi connectivity index (χ0) is 19.6. The lowest BCUT2D eigenvalue weighted by atomic mass is 10.1. The Morgan fingerprint density at radius 1 is 1.41 bits per heavy atom. The van der Waals surface area contributed by atoms with E-state index in [1.54, 1.807) is 18.2 Å². The number of hydrogen-bond donors (Lipinski definition) is 3. The van der Waals surface area contributed by atoms with Crippen LogP contribution in [0.1, 0.15) is 18.2 Å². The van der Waals surface area contributed by atoms with Crippen LogP contribution < -0.4 is 11.1 Å². The second-order valence-electron chi connectivity index (χ2n) is 5.84. The van der Waals surface area contributed by atoms with Gasteiger partial charge in [0, 0.05) is 11.5 Å². The number of hydrogen-bond acceptors (Lipinski definition) is 5. The van der Waals surface area contributed by atoms with Crippen LogP contribution in [-0.4, -0.2) is 25.9 Å². The molecule has 3 aromatic rings. The molecule has 9 nitrogen and oxygen atoms in total. The van der Waals surface area contributed by atoms with Crippen LogP contribution in [0.15, 0.2) is 55.1 Å². The number of aromatic nitrogens is 2. The summed E-state index contributed by atoms with van der Waals surface area (Å²) in [4.78, 5) is 21.8. The molecule has 0 spiro atoms. The predicted octanol–water partition coefficient (Wildman–Crippen LogP) is 3.60. The van der Waals surface area contributed by atoms with Crippen molar-refractivity contribution >= 4 is 28.4 Å². The van der Waals surface area contributed by atoms with Crippen LogP contribution in [0.3, 0.4) is 0 Å². The molecule has 0 fully saturated rings. The van der Waals surface area contributed by atoms with Crippen molar-refractivity contribution in [2.45, 2.75) is 12.5 Å². The normalized spacial score (nSPS) is 11.9. The van der Waals surface area contributed by atoms with Gasteiger partial charge in [0.1, 0.15) is 5.69 Å². The van der Waals surface area contributed by atoms with Crippen LogP contribution in [0.2, 0.25) is 0 Å². The summed E-state index contributed by atoms with van der Waals surface area (Å²) in [7, 11) is 0. The standard InChI is InChI=1S/C18H17N5O4/c1-2-5-13(19)17-12-6-3-4-7-14(12)22(21-17)15-9-8-11(20-18(24)25)10-16(15)23(26)27/h2-4,6-10,13,20H,1,5,19H2,(H,24,25)/t13-/m0/s1. The number of nitro groups is 1. The molecule has 27 heavy (non-hydrogen) atoms. The molecule has 3 rings (SSSR count). The van der Waals surface area contributed by atoms with Crippen molar-refractivity contribution < 1.29 is 14.8 Å². The number of amides is 1. The molecular formula is C18H17N5O4. The number of anilines is 1. The number of nitrogens with two attached hydrogens (primary N) is 1. The number of nitrogens with one attached hydrogen (secondary N) is 1. The van der Waals surface area contributed by atoms with Gasteiger partial charge in [0.2, 0.25) is 0 Å². The van der Waals surface area contributed by atoms with E-state index in [2.05, 4.69) is 17.0 Å². The Bertz CT molecular complexity index is 1040. The van der Waals surface area contributed by atoms with Crippen molar-refractivity contribution in [1.29, 1.82) is 0 Å². The highest BCUT2D eigenvalue weighted by Gasteiger charge is 2.22. The van der Waals surface area contributed by atoms with Gasteiger partial charge in [-0.05, 0) is 24.6 Å². The third kappa shape index (κ3) is 3.48. The van der Waals surface area contributed by atoms with Crippen LogP contribution in [0, 0.1) is 10.1 Å². The highest BCUT2D eigenvalue weighted by Crippen LogP contribution is 2.32. The van der Waals surface area contributed by atoms with Gasteiger partial charge in [0.15, 0.2) is 0 Å². The molecule has 4 N–H and O–H groups in total. The first-order valence-electron chi connectivity index (χ1n) is 8.05. The summed E-state index contributed by atoms with van der Waals surface area (Å²) in [5.74, 6) is 0. The second-order valence-corrected chi connectivity index (χ2v) is 5.84. The molecule has 1 atom stereocenters. The second kappa shape index (κ2) is 7.26. The fourth-order valence-corrected chi connectivity index (χ4v) is 2.89. The number of carbonyl (C=O) groups is 1. The maximum atomic E-state index is 11.6. The van der Waals surface area contributed by atoms with Crippen molar-refractivity contribution in [3.05, 3.63) is 70.9 Å². The SMILES string of the molecule is C=CC[C@H](N)c1nn(-c2ccc(NC(=O)O)cc2[N+](=O)[O-])c2ccccc12. The minimum Gasteiger partial charge on any atom is -0.465 e. The van der Waals surface area contributed by atoms with Gasteiger partial charge in [-0.2, -0.15) is 5.10 Å². The Morgan fingerprint density at radius 3 is 2.81 bits per heavy atom. The summed E-state index contributed by atoms with van der Waals surface area (Å²) in [6, 6.07) is 10.9. The molecule has 0 unspecified atom stereocenters. The Hall–Kier alpha value is -3.72. The van der Waals surface area contributed by atoms with Gasteiger partial charge in [-0.3, -0.25) is 15.4 Å². The van der Waals surface area contributed by atoms with Crippen molar-refractivity contribution in [2.75, 3.05) is 5.32 Å². The van der Waals surface area contributed by atoms with E-state index in [1.807, 2.05) is 12.1 Å². The van der Waals surface area contributed by atoms with Gasteiger partial charge in [0.05, 0.1) is 27.9 Å². The smallest absolute Gasteiger partial charge is 0.409 e. The van der Waals surface area contributed by atoms with Gasteiger partial charge in [-0.25, -0.2) is 9.48 Å². The molecule has 0 bridgehead atoms. The Kier molecular flexibility index (Phi) is 4.86. The minimum atomic E-state index is -1.31. The molecule has 0 saturated carbocycles. The minimum absolute atomic E-state index is 0.0954. The van der Waals surface area contributed by atoms with E-state index in [-0.39, 0.29) is 17.1 Å². The fraction of sp³-hybridized carbons (Fsp3) is 0.111. The van der Waals surface area contributed by atoms with E-state index in [1.165, 1.54) is 16.8 Å². The van der Waals surface area contributed by atoms with Crippen LogP contribution >= 0.6 is 0 Å². The van der Waals surface area contributed by atoms with E-state index >= 15 is 0 Å². The molecule has 0 aliphatic rings. The molecule has 1 aromatic heterocycles. The van der Waals surface area contributed by atoms with Crippen LogP contribution in [0.4, 0.5) is 16.2 Å². The molecule has 0 radical (unpaired) electrons. The topological polar surface area (TPSA) is 136 Å². The number of benzene rings is 2. The molecule has 0 aliphatic carbocycles. The van der Waals surface area contributed by atoms with Gasteiger partial charge in [-0.1, -0.05) is 24.3 Å². The van der Waals surface area contributed by atoms with Gasteiger partial charge < -0.3 is 10.8 Å². The fourth-order valence-electron chi connectivity index (χ4n) is 2.89.